The molecule has 166 valence electrons. The van der Waals surface area contributed by atoms with E-state index in [0.717, 1.165) is 38.5 Å². The van der Waals surface area contributed by atoms with Crippen LogP contribution in [0.5, 0.6) is 0 Å². The minimum atomic E-state index is -0.749. The van der Waals surface area contributed by atoms with Gasteiger partial charge in [-0.3, -0.25) is 4.79 Å². The van der Waals surface area contributed by atoms with Gasteiger partial charge in [-0.05, 0) is 61.5 Å². The Morgan fingerprint density at radius 2 is 1.73 bits per heavy atom. The Hall–Kier alpha value is -1.47. The van der Waals surface area contributed by atoms with Gasteiger partial charge in [0.2, 0.25) is 0 Å². The smallest absolute Gasteiger partial charge is 0.303 e. The fourth-order valence-corrected chi connectivity index (χ4v) is 6.10. The summed E-state index contributed by atoms with van der Waals surface area (Å²) in [6.07, 6.45) is 5.64. The van der Waals surface area contributed by atoms with Gasteiger partial charge in [-0.25, -0.2) is 0 Å². The second-order valence-electron chi connectivity index (χ2n) is 8.69. The van der Waals surface area contributed by atoms with Crippen molar-refractivity contribution in [1.29, 1.82) is 0 Å². The largest absolute Gasteiger partial charge is 0.481 e. The Morgan fingerprint density at radius 1 is 1.03 bits per heavy atom. The van der Waals surface area contributed by atoms with E-state index in [4.69, 9.17) is 5.11 Å². The lowest BCUT2D eigenvalue weighted by molar-refractivity contribution is -0.137. The zero-order valence-corrected chi connectivity index (χ0v) is 18.3. The van der Waals surface area contributed by atoms with Crippen molar-refractivity contribution in [3.05, 3.63) is 35.2 Å². The van der Waals surface area contributed by atoms with Gasteiger partial charge in [0.15, 0.2) is 0 Å². The van der Waals surface area contributed by atoms with E-state index in [1.165, 1.54) is 15.0 Å². The molecule has 5 atom stereocenters. The highest BCUT2D eigenvalue weighted by molar-refractivity contribution is 7.19. The predicted molar refractivity (Wildman–Crippen MR) is 120 cm³/mol. The fraction of sp³-hybridized carbons (Fsp3) is 0.625. The van der Waals surface area contributed by atoms with Crippen molar-refractivity contribution in [2.45, 2.75) is 75.9 Å². The Kier molecular flexibility index (Phi) is 8.69. The maximum Gasteiger partial charge on any atom is 0.303 e. The lowest BCUT2D eigenvalue weighted by Gasteiger charge is -2.25. The summed E-state index contributed by atoms with van der Waals surface area (Å²) >= 11 is 1.72. The van der Waals surface area contributed by atoms with Gasteiger partial charge in [-0.2, -0.15) is 0 Å². The second kappa shape index (κ2) is 11.2. The van der Waals surface area contributed by atoms with Crippen LogP contribution in [0.25, 0.3) is 10.1 Å². The standard InChI is InChI=1S/C24H34O5S/c25-15-17(23-13-16-7-5-6-9-22(16)30-23)11-12-19-18(20(26)14-21(19)27)8-3-1-2-4-10-24(28)29/h5-7,9,13,17-21,25-27H,1-4,8,10-12,14-15H2,(H,28,29)/t17-,18+,19+,20-,21+/m0/s1. The average Bonchev–Trinajstić information content (AvgIpc) is 3.25. The lowest BCUT2D eigenvalue weighted by Crippen LogP contribution is -2.23. The first kappa shape index (κ1) is 23.2. The maximum atomic E-state index is 10.6. The van der Waals surface area contributed by atoms with E-state index in [0.29, 0.717) is 12.8 Å². The van der Waals surface area contributed by atoms with E-state index in [1.807, 2.05) is 12.1 Å². The van der Waals surface area contributed by atoms with Gasteiger partial charge < -0.3 is 20.4 Å². The van der Waals surface area contributed by atoms with Gasteiger partial charge in [0.05, 0.1) is 18.8 Å². The molecule has 1 aliphatic rings. The van der Waals surface area contributed by atoms with E-state index in [9.17, 15) is 20.1 Å². The molecule has 0 amide bonds. The van der Waals surface area contributed by atoms with Gasteiger partial charge in [-0.1, -0.05) is 37.5 Å². The van der Waals surface area contributed by atoms with E-state index < -0.39 is 18.2 Å². The van der Waals surface area contributed by atoms with Crippen LogP contribution in [0.2, 0.25) is 0 Å². The van der Waals surface area contributed by atoms with Crippen molar-refractivity contribution in [3.63, 3.8) is 0 Å². The summed E-state index contributed by atoms with van der Waals surface area (Å²) in [4.78, 5) is 11.8. The first-order chi connectivity index (χ1) is 14.5. The molecule has 2 aromatic rings. The van der Waals surface area contributed by atoms with Crippen molar-refractivity contribution in [2.24, 2.45) is 11.8 Å². The van der Waals surface area contributed by atoms with E-state index in [1.54, 1.807) is 11.3 Å². The highest BCUT2D eigenvalue weighted by atomic mass is 32.1. The number of thiophene rings is 1. The number of hydrogen-bond donors (Lipinski definition) is 4. The van der Waals surface area contributed by atoms with E-state index >= 15 is 0 Å². The van der Waals surface area contributed by atoms with E-state index in [2.05, 4.69) is 18.2 Å². The molecule has 3 rings (SSSR count). The summed E-state index contributed by atoms with van der Waals surface area (Å²) in [7, 11) is 0. The van der Waals surface area contributed by atoms with Crippen molar-refractivity contribution < 1.29 is 25.2 Å². The fourth-order valence-electron chi connectivity index (χ4n) is 4.91. The third-order valence-corrected chi connectivity index (χ3v) is 7.89. The third kappa shape index (κ3) is 6.03. The summed E-state index contributed by atoms with van der Waals surface area (Å²) in [5.41, 5.74) is 0. The first-order valence-electron chi connectivity index (χ1n) is 11.2. The molecule has 5 nitrogen and oxygen atoms in total. The molecule has 6 heteroatoms. The molecule has 0 spiro atoms. The number of rotatable bonds is 12. The van der Waals surface area contributed by atoms with Crippen LogP contribution in [-0.2, 0) is 4.79 Å². The maximum absolute atomic E-state index is 10.6. The number of unbranched alkanes of at least 4 members (excludes halogenated alkanes) is 3. The average molecular weight is 435 g/mol. The molecule has 4 N–H and O–H groups in total. The molecule has 0 radical (unpaired) electrons. The minimum absolute atomic E-state index is 0.0578. The lowest BCUT2D eigenvalue weighted by atomic mass is 9.83. The monoisotopic (exact) mass is 434 g/mol. The van der Waals surface area contributed by atoms with Gasteiger partial charge >= 0.3 is 5.97 Å². The predicted octanol–water partition coefficient (Wildman–Crippen LogP) is 4.54. The summed E-state index contributed by atoms with van der Waals surface area (Å²) in [6, 6.07) is 10.4. The SMILES string of the molecule is O=C(O)CCCCCC[C@@H]1[C@@H](CC[C@@H](CO)c2cc3ccccc3s2)[C@H](O)C[C@@H]1O. The molecule has 30 heavy (non-hydrogen) atoms. The zero-order chi connectivity index (χ0) is 21.5. The highest BCUT2D eigenvalue weighted by Crippen LogP contribution is 2.41. The van der Waals surface area contributed by atoms with Crippen LogP contribution in [-0.4, -0.2) is 45.2 Å². The number of fused-ring (bicyclic) bond motifs is 1. The third-order valence-electron chi connectivity index (χ3n) is 6.62. The molecule has 0 saturated heterocycles. The van der Waals surface area contributed by atoms with Crippen LogP contribution in [0.15, 0.2) is 30.3 Å². The number of aliphatic hydroxyl groups excluding tert-OH is 3. The summed E-state index contributed by atoms with van der Waals surface area (Å²) in [6.45, 7) is 0.0897. The molecule has 1 heterocycles. The van der Waals surface area contributed by atoms with Crippen molar-refractivity contribution in [1.82, 2.24) is 0 Å². The molecular weight excluding hydrogens is 400 g/mol. The molecule has 0 bridgehead atoms. The summed E-state index contributed by atoms with van der Waals surface area (Å²) in [5.74, 6) is -0.547. The van der Waals surface area contributed by atoms with Gasteiger partial charge in [0.25, 0.3) is 0 Å². The number of hydrogen-bond acceptors (Lipinski definition) is 5. The van der Waals surface area contributed by atoms with Crippen LogP contribution >= 0.6 is 11.3 Å². The summed E-state index contributed by atoms with van der Waals surface area (Å²) < 4.78 is 1.23. The van der Waals surface area contributed by atoms with Crippen LogP contribution in [0.4, 0.5) is 0 Å². The Balaban J connectivity index is 1.52. The van der Waals surface area contributed by atoms with Crippen molar-refractivity contribution in [2.75, 3.05) is 6.61 Å². The Labute approximate surface area is 182 Å². The van der Waals surface area contributed by atoms with Gasteiger partial charge in [-0.15, -0.1) is 11.3 Å². The number of benzene rings is 1. The number of aliphatic hydroxyl groups is 3. The first-order valence-corrected chi connectivity index (χ1v) is 12.0. The van der Waals surface area contributed by atoms with Crippen LogP contribution < -0.4 is 0 Å². The zero-order valence-electron chi connectivity index (χ0n) is 17.4. The highest BCUT2D eigenvalue weighted by Gasteiger charge is 2.41. The minimum Gasteiger partial charge on any atom is -0.481 e. The van der Waals surface area contributed by atoms with Crippen molar-refractivity contribution in [3.8, 4) is 0 Å². The summed E-state index contributed by atoms with van der Waals surface area (Å²) in [5, 5.41) is 40.9. The number of carboxylic acids is 1. The van der Waals surface area contributed by atoms with Crippen molar-refractivity contribution >= 4 is 27.4 Å². The molecule has 1 fully saturated rings. The molecule has 0 unspecified atom stereocenters. The van der Waals surface area contributed by atoms with Crippen LogP contribution in [0.1, 0.15) is 68.6 Å². The topological polar surface area (TPSA) is 98.0 Å². The molecule has 1 aromatic heterocycles. The molecular formula is C24H34O5S. The van der Waals surface area contributed by atoms with Gasteiger partial charge in [0, 0.05) is 21.9 Å². The molecule has 1 saturated carbocycles. The number of aliphatic carboxylic acids is 1. The molecule has 1 aromatic carbocycles. The Morgan fingerprint density at radius 3 is 2.43 bits per heavy atom. The van der Waals surface area contributed by atoms with Gasteiger partial charge in [0.1, 0.15) is 0 Å². The Bertz CT molecular complexity index is 771. The molecule has 0 aliphatic heterocycles. The second-order valence-corrected chi connectivity index (χ2v) is 9.80. The number of carbonyl (C=O) groups is 1. The van der Waals surface area contributed by atoms with E-state index in [-0.39, 0.29) is 30.8 Å². The van der Waals surface area contributed by atoms with Crippen LogP contribution in [0, 0.1) is 11.8 Å². The molecule has 1 aliphatic carbocycles. The number of carboxylic acid groups (broad SMARTS) is 1. The van der Waals surface area contributed by atoms with Crippen LogP contribution in [0.3, 0.4) is 0 Å². The quantitative estimate of drug-likeness (QED) is 0.368. The normalized spacial score (nSPS) is 25.0.